The highest BCUT2D eigenvalue weighted by atomic mass is 35.5. The molecule has 0 aliphatic carbocycles. The molecule has 1 aliphatic rings. The number of benzene rings is 1. The van der Waals surface area contributed by atoms with E-state index in [-0.39, 0.29) is 11.9 Å². The number of ether oxygens (including phenoxy) is 1. The largest absolute Gasteiger partial charge is 0.378 e. The lowest BCUT2D eigenvalue weighted by Gasteiger charge is -2.19. The zero-order valence-corrected chi connectivity index (χ0v) is 14.4. The second kappa shape index (κ2) is 7.29. The van der Waals surface area contributed by atoms with Crippen molar-refractivity contribution in [1.29, 1.82) is 0 Å². The van der Waals surface area contributed by atoms with Crippen LogP contribution >= 0.6 is 22.9 Å². The molecule has 0 spiro atoms. The maximum Gasteiger partial charge on any atom is 0.263 e. The molecule has 1 aliphatic heterocycles. The van der Waals surface area contributed by atoms with Crippen molar-refractivity contribution >= 4 is 34.5 Å². The lowest BCUT2D eigenvalue weighted by molar-refractivity contribution is 0.0944. The smallest absolute Gasteiger partial charge is 0.263 e. The summed E-state index contributed by atoms with van der Waals surface area (Å²) < 4.78 is 5.03. The van der Waals surface area contributed by atoms with Crippen molar-refractivity contribution in [2.45, 2.75) is 19.1 Å². The minimum absolute atomic E-state index is 0.0622. The van der Waals surface area contributed by atoms with Crippen LogP contribution in [0, 0.1) is 0 Å². The summed E-state index contributed by atoms with van der Waals surface area (Å²) in [5.74, 6) is -0.0622. The Balaban J connectivity index is 1.56. The van der Waals surface area contributed by atoms with Crippen LogP contribution in [0.5, 0.6) is 0 Å². The molecule has 2 heterocycles. The van der Waals surface area contributed by atoms with Gasteiger partial charge in [-0.25, -0.2) is 4.98 Å². The highest BCUT2D eigenvalue weighted by molar-refractivity contribution is 7.13. The lowest BCUT2D eigenvalue weighted by Crippen LogP contribution is -2.36. The normalized spacial score (nSPS) is 17.5. The molecule has 0 saturated carbocycles. The van der Waals surface area contributed by atoms with Gasteiger partial charge in [0, 0.05) is 37.0 Å². The molecule has 1 fully saturated rings. The van der Waals surface area contributed by atoms with E-state index in [2.05, 4.69) is 15.2 Å². The Morgan fingerprint density at radius 2 is 2.26 bits per heavy atom. The van der Waals surface area contributed by atoms with Crippen molar-refractivity contribution in [3.63, 3.8) is 0 Å². The summed E-state index contributed by atoms with van der Waals surface area (Å²) in [6.07, 6.45) is 2.54. The third kappa shape index (κ3) is 4.02. The molecule has 7 heteroatoms. The molecule has 0 radical (unpaired) electrons. The number of hydrogen-bond acceptors (Lipinski definition) is 5. The number of anilines is 1. The van der Waals surface area contributed by atoms with Crippen LogP contribution in [0.15, 0.2) is 30.5 Å². The highest BCUT2D eigenvalue weighted by Crippen LogP contribution is 2.23. The fourth-order valence-electron chi connectivity index (χ4n) is 2.63. The van der Waals surface area contributed by atoms with Crippen LogP contribution in [-0.4, -0.2) is 37.1 Å². The number of methoxy groups -OCH3 is 1. The first kappa shape index (κ1) is 16.2. The molecular weight excluding hydrogens is 334 g/mol. The summed E-state index contributed by atoms with van der Waals surface area (Å²) >= 11 is 7.29. The molecule has 0 bridgehead atoms. The molecule has 3 rings (SSSR count). The molecule has 1 unspecified atom stereocenters. The van der Waals surface area contributed by atoms with Gasteiger partial charge in [-0.15, -0.1) is 11.3 Å². The Bertz CT molecular complexity index is 674. The molecule has 1 aromatic carbocycles. The number of aromatic nitrogens is 1. The first-order chi connectivity index (χ1) is 11.2. The van der Waals surface area contributed by atoms with Crippen molar-refractivity contribution in [3.8, 4) is 0 Å². The van der Waals surface area contributed by atoms with E-state index in [1.165, 1.54) is 11.3 Å². The predicted octanol–water partition coefficient (Wildman–Crippen LogP) is 2.95. The van der Waals surface area contributed by atoms with E-state index < -0.39 is 0 Å². The van der Waals surface area contributed by atoms with Gasteiger partial charge in [-0.2, -0.15) is 0 Å². The molecular formula is C16H18ClN3O2S. The van der Waals surface area contributed by atoms with Crippen molar-refractivity contribution in [2.75, 3.05) is 25.1 Å². The van der Waals surface area contributed by atoms with Gasteiger partial charge in [0.15, 0.2) is 0 Å². The predicted molar refractivity (Wildman–Crippen MR) is 92.4 cm³/mol. The first-order valence-corrected chi connectivity index (χ1v) is 8.60. The summed E-state index contributed by atoms with van der Waals surface area (Å²) in [6.45, 7) is 2.16. The van der Waals surface area contributed by atoms with Crippen LogP contribution in [0.3, 0.4) is 0 Å². The zero-order chi connectivity index (χ0) is 16.2. The molecule has 1 N–H and O–H groups in total. The molecule has 2 aromatic rings. The van der Waals surface area contributed by atoms with Crippen molar-refractivity contribution in [1.82, 2.24) is 10.3 Å². The highest BCUT2D eigenvalue weighted by Gasteiger charge is 2.25. The van der Waals surface area contributed by atoms with E-state index in [0.29, 0.717) is 11.5 Å². The standard InChI is InChI=1S/C16H18ClN3O2S/c1-22-10-15-18-8-14(23-15)16(21)19-12-6-7-20(9-12)13-4-2-11(17)3-5-13/h2-5,8,12H,6-7,9-10H2,1H3,(H,19,21). The van der Waals surface area contributed by atoms with E-state index in [4.69, 9.17) is 16.3 Å². The molecule has 23 heavy (non-hydrogen) atoms. The third-order valence-electron chi connectivity index (χ3n) is 3.76. The van der Waals surface area contributed by atoms with E-state index in [1.54, 1.807) is 13.3 Å². The van der Waals surface area contributed by atoms with Crippen molar-refractivity contribution < 1.29 is 9.53 Å². The second-order valence-corrected chi connectivity index (χ2v) is 6.98. The van der Waals surface area contributed by atoms with Gasteiger partial charge in [0.05, 0.1) is 12.8 Å². The van der Waals surface area contributed by atoms with Crippen LogP contribution < -0.4 is 10.2 Å². The fourth-order valence-corrected chi connectivity index (χ4v) is 3.55. The van der Waals surface area contributed by atoms with Crippen LogP contribution in [0.2, 0.25) is 5.02 Å². The molecule has 1 amide bonds. The van der Waals surface area contributed by atoms with E-state index in [9.17, 15) is 4.79 Å². The maximum absolute atomic E-state index is 12.3. The summed E-state index contributed by atoms with van der Waals surface area (Å²) in [4.78, 5) is 19.4. The Kier molecular flexibility index (Phi) is 5.15. The summed E-state index contributed by atoms with van der Waals surface area (Å²) in [5, 5.41) is 4.63. The summed E-state index contributed by atoms with van der Waals surface area (Å²) in [5.41, 5.74) is 1.13. The number of thiazole rings is 1. The molecule has 122 valence electrons. The fraction of sp³-hybridized carbons (Fsp3) is 0.375. The first-order valence-electron chi connectivity index (χ1n) is 7.40. The van der Waals surface area contributed by atoms with Gasteiger partial charge >= 0.3 is 0 Å². The Hall–Kier alpha value is -1.63. The molecule has 1 aromatic heterocycles. The Morgan fingerprint density at radius 3 is 3.00 bits per heavy atom. The third-order valence-corrected chi connectivity index (χ3v) is 4.98. The average molecular weight is 352 g/mol. The SMILES string of the molecule is COCc1ncc(C(=O)NC2CCN(c3ccc(Cl)cc3)C2)s1. The summed E-state index contributed by atoms with van der Waals surface area (Å²) in [7, 11) is 1.62. The number of nitrogens with zero attached hydrogens (tertiary/aromatic N) is 2. The van der Waals surface area contributed by atoms with Crippen LogP contribution in [0.4, 0.5) is 5.69 Å². The van der Waals surface area contributed by atoms with Gasteiger partial charge in [-0.1, -0.05) is 11.6 Å². The Morgan fingerprint density at radius 1 is 1.48 bits per heavy atom. The number of carbonyl (C=O) groups excluding carboxylic acids is 1. The topological polar surface area (TPSA) is 54.5 Å². The summed E-state index contributed by atoms with van der Waals surface area (Å²) in [6, 6.07) is 7.93. The maximum atomic E-state index is 12.3. The van der Waals surface area contributed by atoms with E-state index >= 15 is 0 Å². The molecule has 1 saturated heterocycles. The number of carbonyl (C=O) groups is 1. The van der Waals surface area contributed by atoms with Crippen LogP contribution in [-0.2, 0) is 11.3 Å². The zero-order valence-electron chi connectivity index (χ0n) is 12.8. The van der Waals surface area contributed by atoms with E-state index in [0.717, 1.165) is 35.2 Å². The van der Waals surface area contributed by atoms with Crippen LogP contribution in [0.1, 0.15) is 21.1 Å². The van der Waals surface area contributed by atoms with Crippen LogP contribution in [0.25, 0.3) is 0 Å². The van der Waals surface area contributed by atoms with Gasteiger partial charge in [-0.3, -0.25) is 4.79 Å². The number of halogens is 1. The van der Waals surface area contributed by atoms with Crippen molar-refractivity contribution in [3.05, 3.63) is 45.4 Å². The average Bonchev–Trinajstić information content (AvgIpc) is 3.18. The quantitative estimate of drug-likeness (QED) is 0.899. The number of amides is 1. The number of rotatable bonds is 5. The molecule has 1 atom stereocenters. The number of nitrogens with one attached hydrogen (secondary N) is 1. The van der Waals surface area contributed by atoms with Gasteiger partial charge in [0.2, 0.25) is 0 Å². The van der Waals surface area contributed by atoms with Gasteiger partial charge in [-0.05, 0) is 30.7 Å². The minimum Gasteiger partial charge on any atom is -0.378 e. The minimum atomic E-state index is -0.0622. The molecule has 5 nitrogen and oxygen atoms in total. The number of hydrogen-bond donors (Lipinski definition) is 1. The van der Waals surface area contributed by atoms with Gasteiger partial charge in [0.25, 0.3) is 5.91 Å². The van der Waals surface area contributed by atoms with E-state index in [1.807, 2.05) is 24.3 Å². The Labute approximate surface area is 144 Å². The van der Waals surface area contributed by atoms with Gasteiger partial charge in [0.1, 0.15) is 9.88 Å². The lowest BCUT2D eigenvalue weighted by atomic mass is 10.2. The second-order valence-electron chi connectivity index (χ2n) is 5.43. The van der Waals surface area contributed by atoms with Gasteiger partial charge < -0.3 is 15.0 Å². The van der Waals surface area contributed by atoms with Crippen molar-refractivity contribution in [2.24, 2.45) is 0 Å². The monoisotopic (exact) mass is 351 g/mol.